The molecule has 1 aromatic carbocycles. The summed E-state index contributed by atoms with van der Waals surface area (Å²) in [7, 11) is 3.67. The van der Waals surface area contributed by atoms with Crippen molar-refractivity contribution in [1.29, 1.82) is 0 Å². The van der Waals surface area contributed by atoms with Crippen LogP contribution >= 0.6 is 43.2 Å². The summed E-state index contributed by atoms with van der Waals surface area (Å²) in [4.78, 5) is 1.36. The molecule has 1 unspecified atom stereocenters. The second-order valence-electron chi connectivity index (χ2n) is 4.15. The maximum absolute atomic E-state index is 5.26. The summed E-state index contributed by atoms with van der Waals surface area (Å²) in [5.41, 5.74) is 1.25. The fourth-order valence-corrected chi connectivity index (χ4v) is 4.04. The Bertz CT molecular complexity index is 556. The molecule has 1 heterocycles. The molecule has 1 N–H and O–H groups in total. The average molecular weight is 405 g/mol. The van der Waals surface area contributed by atoms with Crippen LogP contribution in [0.5, 0.6) is 5.75 Å². The number of halogens is 2. The zero-order chi connectivity index (χ0) is 13.8. The molecule has 2 aromatic rings. The minimum absolute atomic E-state index is 0.299. The van der Waals surface area contributed by atoms with Gasteiger partial charge in [0, 0.05) is 17.3 Å². The number of rotatable bonds is 5. The highest BCUT2D eigenvalue weighted by atomic mass is 79.9. The van der Waals surface area contributed by atoms with E-state index in [1.165, 1.54) is 14.2 Å². The molecule has 0 bridgehead atoms. The molecular weight excluding hydrogens is 390 g/mol. The summed E-state index contributed by atoms with van der Waals surface area (Å²) in [5.74, 6) is 0.859. The van der Waals surface area contributed by atoms with Crippen LogP contribution in [-0.2, 0) is 6.42 Å². The minimum atomic E-state index is 0.299. The fraction of sp³-hybridized carbons (Fsp3) is 0.286. The van der Waals surface area contributed by atoms with Crippen LogP contribution in [0.2, 0.25) is 0 Å². The van der Waals surface area contributed by atoms with E-state index >= 15 is 0 Å². The van der Waals surface area contributed by atoms with Gasteiger partial charge in [0.05, 0.1) is 15.4 Å². The third-order valence-electron chi connectivity index (χ3n) is 2.96. The second kappa shape index (κ2) is 6.88. The van der Waals surface area contributed by atoms with Crippen LogP contribution in [0.15, 0.2) is 38.6 Å². The van der Waals surface area contributed by atoms with Crippen LogP contribution in [-0.4, -0.2) is 14.2 Å². The Morgan fingerprint density at radius 2 is 2.05 bits per heavy atom. The van der Waals surface area contributed by atoms with Crippen molar-refractivity contribution in [1.82, 2.24) is 5.32 Å². The lowest BCUT2D eigenvalue weighted by atomic mass is 10.0. The first kappa shape index (κ1) is 15.0. The molecule has 0 saturated heterocycles. The summed E-state index contributed by atoms with van der Waals surface area (Å²) in [6, 6.07) is 10.8. The highest BCUT2D eigenvalue weighted by Gasteiger charge is 2.13. The molecule has 0 aliphatic heterocycles. The van der Waals surface area contributed by atoms with Gasteiger partial charge >= 0.3 is 0 Å². The quantitative estimate of drug-likeness (QED) is 0.773. The largest absolute Gasteiger partial charge is 0.496 e. The Labute approximate surface area is 134 Å². The van der Waals surface area contributed by atoms with Crippen LogP contribution in [0.1, 0.15) is 16.5 Å². The molecule has 0 aliphatic carbocycles. The number of likely N-dealkylation sites (N-methyl/N-ethyl adjacent to an activating group) is 1. The van der Waals surface area contributed by atoms with Crippen molar-refractivity contribution in [2.45, 2.75) is 12.5 Å². The van der Waals surface area contributed by atoms with E-state index in [1.807, 2.05) is 13.1 Å². The molecule has 102 valence electrons. The molecule has 2 rings (SSSR count). The first-order valence-corrected chi connectivity index (χ1v) is 8.29. The minimum Gasteiger partial charge on any atom is -0.496 e. The van der Waals surface area contributed by atoms with Crippen molar-refractivity contribution < 1.29 is 4.74 Å². The number of nitrogens with one attached hydrogen (secondary N) is 1. The fourth-order valence-electron chi connectivity index (χ4n) is 1.95. The zero-order valence-corrected chi connectivity index (χ0v) is 14.7. The van der Waals surface area contributed by atoms with E-state index in [2.05, 4.69) is 61.4 Å². The van der Waals surface area contributed by atoms with E-state index in [-0.39, 0.29) is 0 Å². The average Bonchev–Trinajstić information content (AvgIpc) is 2.81. The van der Waals surface area contributed by atoms with Crippen molar-refractivity contribution in [3.05, 3.63) is 49.0 Å². The maximum atomic E-state index is 5.26. The summed E-state index contributed by atoms with van der Waals surface area (Å²) in [5, 5.41) is 3.37. The number of ether oxygens (including phenoxy) is 1. The van der Waals surface area contributed by atoms with Gasteiger partial charge in [-0.25, -0.2) is 0 Å². The SMILES string of the molecule is CNC(Cc1ccc(Br)s1)c1ccc(OC)c(Br)c1. The monoisotopic (exact) mass is 403 g/mol. The standard InChI is InChI=1S/C14H15Br2NOS/c1-17-12(8-10-4-6-14(16)19-10)9-3-5-13(18-2)11(15)7-9/h3-7,12,17H,8H2,1-2H3. The van der Waals surface area contributed by atoms with Crippen molar-refractivity contribution in [3.8, 4) is 5.75 Å². The van der Waals surface area contributed by atoms with Crippen LogP contribution in [0.3, 0.4) is 0 Å². The Hall–Kier alpha value is -0.360. The Morgan fingerprint density at radius 1 is 1.26 bits per heavy atom. The predicted molar refractivity (Wildman–Crippen MR) is 88.2 cm³/mol. The summed E-state index contributed by atoms with van der Waals surface area (Å²) < 4.78 is 7.42. The number of methoxy groups -OCH3 is 1. The van der Waals surface area contributed by atoms with Crippen LogP contribution in [0.4, 0.5) is 0 Å². The molecular formula is C14H15Br2NOS. The van der Waals surface area contributed by atoms with Gasteiger partial charge in [-0.15, -0.1) is 11.3 Å². The lowest BCUT2D eigenvalue weighted by Crippen LogP contribution is -2.18. The van der Waals surface area contributed by atoms with Crippen molar-refractivity contribution in [2.24, 2.45) is 0 Å². The van der Waals surface area contributed by atoms with Gasteiger partial charge < -0.3 is 10.1 Å². The summed E-state index contributed by atoms with van der Waals surface area (Å²) >= 11 is 8.82. The van der Waals surface area contributed by atoms with Gasteiger partial charge in [-0.1, -0.05) is 6.07 Å². The molecule has 0 spiro atoms. The molecule has 5 heteroatoms. The van der Waals surface area contributed by atoms with Gasteiger partial charge in [-0.3, -0.25) is 0 Å². The van der Waals surface area contributed by atoms with E-state index in [1.54, 1.807) is 18.4 Å². The number of benzene rings is 1. The first-order chi connectivity index (χ1) is 9.13. The molecule has 1 atom stereocenters. The van der Waals surface area contributed by atoms with Crippen LogP contribution < -0.4 is 10.1 Å². The molecule has 2 nitrogen and oxygen atoms in total. The number of hydrogen-bond acceptors (Lipinski definition) is 3. The molecule has 19 heavy (non-hydrogen) atoms. The second-order valence-corrected chi connectivity index (χ2v) is 7.55. The zero-order valence-electron chi connectivity index (χ0n) is 10.7. The van der Waals surface area contributed by atoms with Crippen LogP contribution in [0, 0.1) is 0 Å². The topological polar surface area (TPSA) is 21.3 Å². The van der Waals surface area contributed by atoms with Gasteiger partial charge in [0.25, 0.3) is 0 Å². The molecule has 0 radical (unpaired) electrons. The highest BCUT2D eigenvalue weighted by Crippen LogP contribution is 2.31. The highest BCUT2D eigenvalue weighted by molar-refractivity contribution is 9.11. The van der Waals surface area contributed by atoms with Crippen molar-refractivity contribution in [2.75, 3.05) is 14.2 Å². The predicted octanol–water partition coefficient (Wildman–Crippen LogP) is 4.78. The normalized spacial score (nSPS) is 12.4. The van der Waals surface area contributed by atoms with Crippen molar-refractivity contribution in [3.63, 3.8) is 0 Å². The summed E-state index contributed by atoms with van der Waals surface area (Å²) in [6.45, 7) is 0. The van der Waals surface area contributed by atoms with Gasteiger partial charge in [-0.05, 0) is 68.7 Å². The van der Waals surface area contributed by atoms with E-state index in [4.69, 9.17) is 4.74 Å². The third kappa shape index (κ3) is 3.81. The van der Waals surface area contributed by atoms with Crippen molar-refractivity contribution >= 4 is 43.2 Å². The van der Waals surface area contributed by atoms with E-state index in [0.29, 0.717) is 6.04 Å². The Balaban J connectivity index is 2.19. The lowest BCUT2D eigenvalue weighted by molar-refractivity contribution is 0.411. The Morgan fingerprint density at radius 3 is 2.58 bits per heavy atom. The molecule has 1 aromatic heterocycles. The molecule has 0 aliphatic rings. The number of hydrogen-bond donors (Lipinski definition) is 1. The van der Waals surface area contributed by atoms with Gasteiger partial charge in [0.1, 0.15) is 5.75 Å². The maximum Gasteiger partial charge on any atom is 0.133 e. The Kier molecular flexibility index (Phi) is 5.45. The van der Waals surface area contributed by atoms with E-state index < -0.39 is 0 Å². The van der Waals surface area contributed by atoms with Gasteiger partial charge in [-0.2, -0.15) is 0 Å². The van der Waals surface area contributed by atoms with Crippen LogP contribution in [0.25, 0.3) is 0 Å². The molecule has 0 saturated carbocycles. The first-order valence-electron chi connectivity index (χ1n) is 5.89. The molecule has 0 amide bonds. The number of thiophene rings is 1. The third-order valence-corrected chi connectivity index (χ3v) is 5.23. The smallest absolute Gasteiger partial charge is 0.133 e. The van der Waals surface area contributed by atoms with Gasteiger partial charge in [0.2, 0.25) is 0 Å². The van der Waals surface area contributed by atoms with Gasteiger partial charge in [0.15, 0.2) is 0 Å². The van der Waals surface area contributed by atoms with E-state index in [0.717, 1.165) is 16.6 Å². The lowest BCUT2D eigenvalue weighted by Gasteiger charge is -2.17. The summed E-state index contributed by atoms with van der Waals surface area (Å²) in [6.07, 6.45) is 0.978. The van der Waals surface area contributed by atoms with E-state index in [9.17, 15) is 0 Å². The molecule has 0 fully saturated rings.